The first-order chi connectivity index (χ1) is 12.9. The summed E-state index contributed by atoms with van der Waals surface area (Å²) in [6.07, 6.45) is 3.82. The van der Waals surface area contributed by atoms with Gasteiger partial charge in [0.15, 0.2) is 0 Å². The molecule has 7 heteroatoms. The highest BCUT2D eigenvalue weighted by Gasteiger charge is 2.38. The van der Waals surface area contributed by atoms with E-state index in [0.29, 0.717) is 18.0 Å². The van der Waals surface area contributed by atoms with Crippen molar-refractivity contribution in [3.63, 3.8) is 0 Å². The summed E-state index contributed by atoms with van der Waals surface area (Å²) in [5.41, 5.74) is 1.87. The zero-order valence-corrected chi connectivity index (χ0v) is 17.0. The third-order valence-corrected chi connectivity index (χ3v) is 8.27. The maximum absolute atomic E-state index is 13.1. The summed E-state index contributed by atoms with van der Waals surface area (Å²) in [5.74, 6) is 0.357. The second-order valence-corrected chi connectivity index (χ2v) is 9.96. The number of anilines is 1. The molecule has 1 atom stereocenters. The van der Waals surface area contributed by atoms with E-state index >= 15 is 0 Å². The van der Waals surface area contributed by atoms with Gasteiger partial charge in [0.1, 0.15) is 0 Å². The lowest BCUT2D eigenvalue weighted by Gasteiger charge is -2.33. The Morgan fingerprint density at radius 2 is 1.85 bits per heavy atom. The molecule has 3 aliphatic rings. The van der Waals surface area contributed by atoms with Crippen LogP contribution in [-0.2, 0) is 21.2 Å². The number of likely N-dealkylation sites (N-methyl/N-ethyl adjacent to an activating group) is 1. The van der Waals surface area contributed by atoms with Crippen LogP contribution in [0.4, 0.5) is 5.69 Å². The van der Waals surface area contributed by atoms with E-state index in [9.17, 15) is 13.2 Å². The van der Waals surface area contributed by atoms with Crippen molar-refractivity contribution in [2.45, 2.75) is 50.5 Å². The van der Waals surface area contributed by atoms with Crippen LogP contribution in [0.5, 0.6) is 0 Å². The first-order valence-corrected chi connectivity index (χ1v) is 11.5. The monoisotopic (exact) mass is 391 g/mol. The van der Waals surface area contributed by atoms with Crippen molar-refractivity contribution in [2.24, 2.45) is 5.92 Å². The Kier molecular flexibility index (Phi) is 5.03. The Balaban J connectivity index is 1.56. The fourth-order valence-electron chi connectivity index (χ4n) is 4.39. The standard InChI is InChI=1S/C20H29N3O3S/c1-3-21-9-11-22(12-10-21)27(25,26)18-7-8-19-17(14-18)13-15(2)23(19)20(24)16-5-4-6-16/h7-8,14-16H,3-6,9-13H2,1-2H3/t15-/m0/s1. The van der Waals surface area contributed by atoms with Gasteiger partial charge in [0.25, 0.3) is 0 Å². The van der Waals surface area contributed by atoms with Crippen LogP contribution in [0.3, 0.4) is 0 Å². The average Bonchev–Trinajstić information content (AvgIpc) is 2.95. The number of carbonyl (C=O) groups is 1. The number of hydrogen-bond donors (Lipinski definition) is 0. The summed E-state index contributed by atoms with van der Waals surface area (Å²) >= 11 is 0. The molecule has 6 nitrogen and oxygen atoms in total. The van der Waals surface area contributed by atoms with Crippen molar-refractivity contribution < 1.29 is 13.2 Å². The maximum atomic E-state index is 13.1. The summed E-state index contributed by atoms with van der Waals surface area (Å²) in [5, 5.41) is 0. The van der Waals surface area contributed by atoms with E-state index in [2.05, 4.69) is 18.7 Å². The van der Waals surface area contributed by atoms with Crippen LogP contribution in [0, 0.1) is 5.92 Å². The molecule has 2 heterocycles. The molecule has 2 fully saturated rings. The minimum absolute atomic E-state index is 0.0964. The predicted octanol–water partition coefficient (Wildman–Crippen LogP) is 2.09. The van der Waals surface area contributed by atoms with Gasteiger partial charge in [0.2, 0.25) is 15.9 Å². The molecule has 1 aromatic carbocycles. The van der Waals surface area contributed by atoms with Gasteiger partial charge < -0.3 is 9.80 Å². The molecule has 148 valence electrons. The van der Waals surface area contributed by atoms with Gasteiger partial charge in [-0.1, -0.05) is 13.3 Å². The number of carbonyl (C=O) groups excluding carboxylic acids is 1. The number of benzene rings is 1. The van der Waals surface area contributed by atoms with Crippen molar-refractivity contribution in [3.05, 3.63) is 23.8 Å². The topological polar surface area (TPSA) is 60.9 Å². The fraction of sp³-hybridized carbons (Fsp3) is 0.650. The molecule has 1 saturated carbocycles. The lowest BCUT2D eigenvalue weighted by molar-refractivity contribution is -0.125. The third-order valence-electron chi connectivity index (χ3n) is 6.37. The molecule has 0 bridgehead atoms. The van der Waals surface area contributed by atoms with Crippen molar-refractivity contribution in [2.75, 3.05) is 37.6 Å². The first-order valence-electron chi connectivity index (χ1n) is 10.1. The molecule has 27 heavy (non-hydrogen) atoms. The van der Waals surface area contributed by atoms with Gasteiger partial charge in [-0.05, 0) is 56.5 Å². The highest BCUT2D eigenvalue weighted by Crippen LogP contribution is 2.38. The second-order valence-electron chi connectivity index (χ2n) is 8.02. The molecule has 0 N–H and O–H groups in total. The Morgan fingerprint density at radius 3 is 2.44 bits per heavy atom. The minimum Gasteiger partial charge on any atom is -0.309 e. The van der Waals surface area contributed by atoms with Crippen LogP contribution in [0.25, 0.3) is 0 Å². The van der Waals surface area contributed by atoms with E-state index in [1.807, 2.05) is 11.0 Å². The highest BCUT2D eigenvalue weighted by molar-refractivity contribution is 7.89. The van der Waals surface area contributed by atoms with Crippen molar-refractivity contribution in [3.8, 4) is 0 Å². The molecule has 0 spiro atoms. The van der Waals surface area contributed by atoms with Gasteiger partial charge in [-0.3, -0.25) is 4.79 Å². The molecule has 0 unspecified atom stereocenters. The molecule has 1 saturated heterocycles. The molecule has 0 radical (unpaired) electrons. The van der Waals surface area contributed by atoms with Crippen molar-refractivity contribution in [1.82, 2.24) is 9.21 Å². The summed E-state index contributed by atoms with van der Waals surface area (Å²) in [4.78, 5) is 17.3. The van der Waals surface area contributed by atoms with E-state index < -0.39 is 10.0 Å². The number of rotatable bonds is 4. The SMILES string of the molecule is CCN1CCN(S(=O)(=O)c2ccc3c(c2)C[C@H](C)N3C(=O)C2CCC2)CC1. The highest BCUT2D eigenvalue weighted by atomic mass is 32.2. The van der Waals surface area contributed by atoms with Gasteiger partial charge in [0, 0.05) is 43.8 Å². The number of fused-ring (bicyclic) bond motifs is 1. The molecule has 1 aromatic rings. The second kappa shape index (κ2) is 7.18. The quantitative estimate of drug-likeness (QED) is 0.789. The van der Waals surface area contributed by atoms with E-state index in [4.69, 9.17) is 0 Å². The van der Waals surface area contributed by atoms with Gasteiger partial charge in [-0.15, -0.1) is 0 Å². The van der Waals surface area contributed by atoms with Gasteiger partial charge >= 0.3 is 0 Å². The van der Waals surface area contributed by atoms with Crippen molar-refractivity contribution in [1.29, 1.82) is 0 Å². The zero-order valence-electron chi connectivity index (χ0n) is 16.2. The van der Waals surface area contributed by atoms with Crippen LogP contribution >= 0.6 is 0 Å². The lowest BCUT2D eigenvalue weighted by atomic mass is 9.84. The molecule has 1 aliphatic carbocycles. The molecule has 2 aliphatic heterocycles. The Labute approximate surface area is 162 Å². The van der Waals surface area contributed by atoms with Crippen LogP contribution in [0.1, 0.15) is 38.7 Å². The normalized spacial score (nSPS) is 24.7. The van der Waals surface area contributed by atoms with Crippen LogP contribution in [-0.4, -0.2) is 62.3 Å². The van der Waals surface area contributed by atoms with Crippen LogP contribution in [0.15, 0.2) is 23.1 Å². The summed E-state index contributed by atoms with van der Waals surface area (Å²) in [6.45, 7) is 7.74. The van der Waals surface area contributed by atoms with Gasteiger partial charge in [-0.2, -0.15) is 4.31 Å². The number of amides is 1. The fourth-order valence-corrected chi connectivity index (χ4v) is 5.86. The van der Waals surface area contributed by atoms with E-state index in [1.54, 1.807) is 16.4 Å². The predicted molar refractivity (Wildman–Crippen MR) is 105 cm³/mol. The van der Waals surface area contributed by atoms with Crippen LogP contribution in [0.2, 0.25) is 0 Å². The summed E-state index contributed by atoms with van der Waals surface area (Å²) in [7, 11) is -3.48. The number of piperazine rings is 1. The number of sulfonamides is 1. The van der Waals surface area contributed by atoms with Crippen LogP contribution < -0.4 is 4.90 Å². The maximum Gasteiger partial charge on any atom is 0.243 e. The average molecular weight is 392 g/mol. The number of nitrogens with zero attached hydrogens (tertiary/aromatic N) is 3. The van der Waals surface area contributed by atoms with Crippen molar-refractivity contribution >= 4 is 21.6 Å². The Bertz CT molecular complexity index is 827. The first kappa shape index (κ1) is 18.9. The molecular weight excluding hydrogens is 362 g/mol. The summed E-state index contributed by atoms with van der Waals surface area (Å²) in [6, 6.07) is 5.41. The Morgan fingerprint density at radius 1 is 1.15 bits per heavy atom. The molecular formula is C20H29N3O3S. The molecule has 4 rings (SSSR count). The van der Waals surface area contributed by atoms with Gasteiger partial charge in [-0.25, -0.2) is 8.42 Å². The Hall–Kier alpha value is -1.44. The van der Waals surface area contributed by atoms with Gasteiger partial charge in [0.05, 0.1) is 4.90 Å². The minimum atomic E-state index is -3.48. The lowest BCUT2D eigenvalue weighted by Crippen LogP contribution is -2.48. The van der Waals surface area contributed by atoms with E-state index in [1.165, 1.54) is 0 Å². The number of hydrogen-bond acceptors (Lipinski definition) is 4. The summed E-state index contributed by atoms with van der Waals surface area (Å²) < 4.78 is 27.7. The zero-order chi connectivity index (χ0) is 19.2. The van der Waals surface area contributed by atoms with E-state index in [-0.39, 0.29) is 17.9 Å². The molecule has 1 amide bonds. The molecule has 0 aromatic heterocycles. The third kappa shape index (κ3) is 3.30. The largest absolute Gasteiger partial charge is 0.309 e. The van der Waals surface area contributed by atoms with E-state index in [0.717, 1.165) is 56.6 Å². The smallest absolute Gasteiger partial charge is 0.243 e.